The van der Waals surface area contributed by atoms with Crippen molar-refractivity contribution in [1.29, 1.82) is 0 Å². The van der Waals surface area contributed by atoms with Gasteiger partial charge in [-0.05, 0) is 54.6 Å². The molecule has 0 fully saturated rings. The Balaban J connectivity index is 0.000000373. The van der Waals surface area contributed by atoms with Crippen molar-refractivity contribution in [3.63, 3.8) is 0 Å². The molecule has 0 saturated carbocycles. The first kappa shape index (κ1) is 75.9. The SMILES string of the molecule is ClCCl.ClCCl.O=C(c1cccc(C(=O)P(c2ccccc2)c2ccccc2)c1)P(c1ccccc1)c1ccccc1.O=C(c1cccc(C(=O)P(c2ccccc2)c2ccccc2)c1)P(c1ccccc1)c1ccccc1.[Ag+].[Ag+].[Cl-].[O-][Cl+3]([O-])([O-])[O-]. The maximum absolute atomic E-state index is 14.0. The molecular formula is C66H52Ag2Cl6O8P4. The van der Waals surface area contributed by atoms with Gasteiger partial charge in [0.15, 0.2) is 22.1 Å². The summed E-state index contributed by atoms with van der Waals surface area (Å²) in [6, 6.07) is 93.8. The predicted octanol–water partition coefficient (Wildman–Crippen LogP) is 7.55. The van der Waals surface area contributed by atoms with Gasteiger partial charge in [0.1, 0.15) is 0 Å². The van der Waals surface area contributed by atoms with Crippen LogP contribution in [0, 0.1) is 10.2 Å². The summed E-state index contributed by atoms with van der Waals surface area (Å²) in [6.45, 7) is 0. The Labute approximate surface area is 566 Å². The first-order valence-corrected chi connectivity index (χ1v) is 33.9. The first-order valence-electron chi connectivity index (χ1n) is 25.1. The van der Waals surface area contributed by atoms with Gasteiger partial charge >= 0.3 is 44.8 Å². The zero-order chi connectivity index (χ0) is 59.4. The molecule has 86 heavy (non-hydrogen) atoms. The molecule has 0 atom stereocenters. The fourth-order valence-electron chi connectivity index (χ4n) is 8.24. The van der Waals surface area contributed by atoms with Gasteiger partial charge in [0.2, 0.25) is 0 Å². The number of halogens is 6. The predicted molar refractivity (Wildman–Crippen MR) is 340 cm³/mol. The van der Waals surface area contributed by atoms with Crippen molar-refractivity contribution >= 4 is 143 Å². The van der Waals surface area contributed by atoms with Gasteiger partial charge in [-0.25, -0.2) is 18.6 Å². The van der Waals surface area contributed by atoms with Crippen molar-refractivity contribution in [2.24, 2.45) is 0 Å². The van der Waals surface area contributed by atoms with Crippen LogP contribution < -0.4 is 73.5 Å². The van der Waals surface area contributed by atoms with E-state index in [0.29, 0.717) is 22.3 Å². The molecule has 0 aromatic heterocycles. The van der Waals surface area contributed by atoms with Crippen LogP contribution in [0.3, 0.4) is 0 Å². The van der Waals surface area contributed by atoms with E-state index < -0.39 is 41.9 Å². The van der Waals surface area contributed by atoms with Crippen LogP contribution in [0.5, 0.6) is 0 Å². The number of carbonyl (C=O) groups excluding carboxylic acids is 4. The second-order valence-corrected chi connectivity index (χ2v) is 27.8. The second-order valence-electron chi connectivity index (χ2n) is 17.0. The fourth-order valence-corrected chi connectivity index (χ4v) is 16.7. The topological polar surface area (TPSA) is 161 Å². The smallest absolute Gasteiger partial charge is 1.00 e. The zero-order valence-corrected chi connectivity index (χ0v) is 56.1. The number of hydrogen-bond donors (Lipinski definition) is 0. The van der Waals surface area contributed by atoms with Gasteiger partial charge in [0.25, 0.3) is 0 Å². The molecule has 0 heterocycles. The zero-order valence-electron chi connectivity index (χ0n) is 45.1. The quantitative estimate of drug-likeness (QED) is 0.0545. The van der Waals surface area contributed by atoms with Crippen molar-refractivity contribution in [3.8, 4) is 0 Å². The largest absolute Gasteiger partial charge is 1.00 e. The van der Waals surface area contributed by atoms with Crippen molar-refractivity contribution in [2.45, 2.75) is 0 Å². The van der Waals surface area contributed by atoms with Gasteiger partial charge in [-0.15, -0.1) is 56.6 Å². The van der Waals surface area contributed by atoms with Gasteiger partial charge < -0.3 is 12.4 Å². The van der Waals surface area contributed by atoms with Gasteiger partial charge in [0.05, 0.1) is 10.7 Å². The molecule has 10 aromatic rings. The Morgan fingerprint density at radius 1 is 0.267 bits per heavy atom. The van der Waals surface area contributed by atoms with Crippen LogP contribution in [0.2, 0.25) is 0 Å². The van der Waals surface area contributed by atoms with Crippen molar-refractivity contribution in [2.75, 3.05) is 10.7 Å². The molecule has 0 aliphatic heterocycles. The Kier molecular flexibility index (Phi) is 36.2. The monoisotopic (exact) mass is 1520 g/mol. The molecule has 0 amide bonds. The van der Waals surface area contributed by atoms with Crippen molar-refractivity contribution in [1.82, 2.24) is 0 Å². The normalized spacial score (nSPS) is 10.3. The molecule has 448 valence electrons. The van der Waals surface area contributed by atoms with Gasteiger partial charge in [-0.2, -0.15) is 0 Å². The van der Waals surface area contributed by atoms with E-state index in [1.54, 1.807) is 12.1 Å². The molecule has 0 bridgehead atoms. The Morgan fingerprint density at radius 3 is 0.500 bits per heavy atom. The third-order valence-corrected chi connectivity index (χ3v) is 20.8. The Morgan fingerprint density at radius 2 is 0.384 bits per heavy atom. The summed E-state index contributed by atoms with van der Waals surface area (Å²) in [5.74, 6) is 0. The summed E-state index contributed by atoms with van der Waals surface area (Å²) >= 11 is 19.1. The maximum Gasteiger partial charge on any atom is 1.00 e. The minimum absolute atomic E-state index is 0. The molecule has 0 aliphatic rings. The summed E-state index contributed by atoms with van der Waals surface area (Å²) in [7, 11) is -10.0. The maximum atomic E-state index is 14.0. The third kappa shape index (κ3) is 23.9. The molecule has 10 aromatic carbocycles. The Bertz CT molecular complexity index is 2950. The van der Waals surface area contributed by atoms with Crippen molar-refractivity contribution < 1.29 is 105 Å². The number of hydrogen-bond acceptors (Lipinski definition) is 8. The average Bonchev–Trinajstić information content (AvgIpc) is 3.40. The minimum Gasteiger partial charge on any atom is -1.00 e. The van der Waals surface area contributed by atoms with Gasteiger partial charge in [-0.3, -0.25) is 19.2 Å². The minimum atomic E-state index is -4.94. The molecule has 0 radical (unpaired) electrons. The van der Waals surface area contributed by atoms with E-state index in [4.69, 9.17) is 65.0 Å². The van der Waals surface area contributed by atoms with E-state index in [0.717, 1.165) is 42.4 Å². The van der Waals surface area contributed by atoms with Crippen LogP contribution in [-0.2, 0) is 44.8 Å². The number of benzene rings is 10. The summed E-state index contributed by atoms with van der Waals surface area (Å²) in [5.41, 5.74) is 2.43. The summed E-state index contributed by atoms with van der Waals surface area (Å²) in [5, 5.41) is 8.36. The number of rotatable bonds is 16. The molecule has 0 aliphatic carbocycles. The van der Waals surface area contributed by atoms with Gasteiger partial charge in [-0.1, -0.05) is 279 Å². The average molecular weight is 1530 g/mol. The third-order valence-electron chi connectivity index (χ3n) is 11.6. The van der Waals surface area contributed by atoms with E-state index >= 15 is 0 Å². The second kappa shape index (κ2) is 41.1. The standard InChI is InChI=1S/2C32H24O2P2.2CH2Cl2.2Ag.ClHO4.ClH/c2*33-31(35(27-16-5-1-6-17-27)28-18-7-2-8-19-28)25-14-13-15-26(24-25)32(34)36(29-20-9-3-10-21-29)30-22-11-4-12-23-30;2*2-1-3;;;2-1(3,4)5;/h2*1-24H;2*1H2;;;(H,2,3,4,5);1H/q;;;;2*+1;;/p-2. The molecule has 8 nitrogen and oxygen atoms in total. The number of alkyl halides is 4. The fraction of sp³-hybridized carbons (Fsp3) is 0.0303. The summed E-state index contributed by atoms with van der Waals surface area (Å²) < 4.78 is 34.0. The molecule has 0 spiro atoms. The first-order chi connectivity index (χ1) is 40.3. The molecule has 0 unspecified atom stereocenters. The molecule has 20 heteroatoms. The van der Waals surface area contributed by atoms with Gasteiger partial charge in [0, 0.05) is 53.9 Å². The summed E-state index contributed by atoms with van der Waals surface area (Å²) in [4.78, 5) is 55.8. The van der Waals surface area contributed by atoms with E-state index in [2.05, 4.69) is 0 Å². The Hall–Kier alpha value is -4.34. The summed E-state index contributed by atoms with van der Waals surface area (Å²) in [6.07, 6.45) is 0. The van der Waals surface area contributed by atoms with Crippen LogP contribution in [0.4, 0.5) is 0 Å². The molecule has 10 rings (SSSR count). The van der Waals surface area contributed by atoms with Crippen LogP contribution >= 0.6 is 78.1 Å². The van der Waals surface area contributed by atoms with Crippen LogP contribution in [0.1, 0.15) is 41.4 Å². The van der Waals surface area contributed by atoms with E-state index in [-0.39, 0.29) is 89.9 Å². The van der Waals surface area contributed by atoms with Crippen molar-refractivity contribution in [3.05, 3.63) is 313 Å². The van der Waals surface area contributed by atoms with Crippen LogP contribution in [0.25, 0.3) is 0 Å². The molecular weight excluding hydrogens is 1470 g/mol. The van der Waals surface area contributed by atoms with Crippen LogP contribution in [-0.4, -0.2) is 32.8 Å². The van der Waals surface area contributed by atoms with Crippen LogP contribution in [0.15, 0.2) is 291 Å². The van der Waals surface area contributed by atoms with E-state index in [9.17, 15) is 19.2 Å². The van der Waals surface area contributed by atoms with E-state index in [1.165, 1.54) is 0 Å². The molecule has 0 saturated heterocycles. The number of carbonyl (C=O) groups is 4. The van der Waals surface area contributed by atoms with E-state index in [1.807, 2.05) is 279 Å². The molecule has 0 N–H and O–H groups in total.